The third kappa shape index (κ3) is 4.40. The minimum atomic E-state index is -0.497. The summed E-state index contributed by atoms with van der Waals surface area (Å²) < 4.78 is 5.52. The Balaban J connectivity index is 1.82. The minimum Gasteiger partial charge on any atom is -0.444 e. The first-order valence-corrected chi connectivity index (χ1v) is 9.44. The number of nitrogens with zero attached hydrogens (tertiary/aromatic N) is 4. The molecule has 27 heavy (non-hydrogen) atoms. The fraction of sp³-hybridized carbons (Fsp3) is 0.550. The molecule has 3 rings (SSSR count). The number of carbonyl (C=O) groups excluding carboxylic acids is 1. The highest BCUT2D eigenvalue weighted by molar-refractivity contribution is 5.80. The summed E-state index contributed by atoms with van der Waals surface area (Å²) in [7, 11) is 3.67. The first kappa shape index (κ1) is 19.2. The second-order valence-electron chi connectivity index (χ2n) is 7.97. The molecule has 146 valence electrons. The van der Waals surface area contributed by atoms with E-state index in [0.29, 0.717) is 6.54 Å². The number of nitrogens with one attached hydrogen (secondary N) is 1. The Morgan fingerprint density at radius 1 is 1.26 bits per heavy atom. The molecule has 2 heterocycles. The van der Waals surface area contributed by atoms with Gasteiger partial charge in [0, 0.05) is 27.2 Å². The van der Waals surface area contributed by atoms with Gasteiger partial charge in [-0.25, -0.2) is 14.8 Å². The Morgan fingerprint density at radius 3 is 2.56 bits per heavy atom. The van der Waals surface area contributed by atoms with Gasteiger partial charge in [-0.05, 0) is 45.7 Å². The van der Waals surface area contributed by atoms with Crippen LogP contribution in [-0.4, -0.2) is 59.8 Å². The van der Waals surface area contributed by atoms with Gasteiger partial charge in [-0.1, -0.05) is 12.1 Å². The average Bonchev–Trinajstić information content (AvgIpc) is 2.65. The van der Waals surface area contributed by atoms with Gasteiger partial charge in [-0.15, -0.1) is 0 Å². The molecular formula is C20H29N5O2. The first-order chi connectivity index (χ1) is 12.8. The predicted octanol–water partition coefficient (Wildman–Crippen LogP) is 3.51. The summed E-state index contributed by atoms with van der Waals surface area (Å²) in [6.07, 6.45) is 1.64. The standard InChI is InChI=1S/C20H29N5O2/c1-20(2,3)27-19(26)24(5)14-9-8-12-25(13-14)18-17(21-4)22-15-10-6-7-11-16(15)23-18/h6-7,10-11,14H,8-9,12-13H2,1-5H3,(H,21,22). The second-order valence-corrected chi connectivity index (χ2v) is 7.97. The lowest BCUT2D eigenvalue weighted by molar-refractivity contribution is 0.0209. The molecule has 1 N–H and O–H groups in total. The van der Waals surface area contributed by atoms with Gasteiger partial charge in [0.1, 0.15) is 5.60 Å². The molecule has 1 atom stereocenters. The van der Waals surface area contributed by atoms with Crippen molar-refractivity contribution in [3.05, 3.63) is 24.3 Å². The number of carbonyl (C=O) groups is 1. The van der Waals surface area contributed by atoms with Crippen molar-refractivity contribution in [2.75, 3.05) is 37.4 Å². The molecule has 1 saturated heterocycles. The van der Waals surface area contributed by atoms with Crippen molar-refractivity contribution < 1.29 is 9.53 Å². The molecule has 1 unspecified atom stereocenters. The second kappa shape index (κ2) is 7.58. The molecule has 1 amide bonds. The number of fused-ring (bicyclic) bond motifs is 1. The highest BCUT2D eigenvalue weighted by Gasteiger charge is 2.30. The third-order valence-corrected chi connectivity index (χ3v) is 4.71. The summed E-state index contributed by atoms with van der Waals surface area (Å²) in [4.78, 5) is 25.9. The van der Waals surface area contributed by atoms with Gasteiger partial charge in [-0.3, -0.25) is 0 Å². The van der Waals surface area contributed by atoms with Crippen LogP contribution >= 0.6 is 0 Å². The number of benzene rings is 1. The number of ether oxygens (including phenoxy) is 1. The maximum absolute atomic E-state index is 12.4. The van der Waals surface area contributed by atoms with Crippen LogP contribution in [0.1, 0.15) is 33.6 Å². The lowest BCUT2D eigenvalue weighted by Crippen LogP contribution is -2.50. The van der Waals surface area contributed by atoms with Crippen LogP contribution in [0.3, 0.4) is 0 Å². The van der Waals surface area contributed by atoms with Gasteiger partial charge in [0.15, 0.2) is 11.6 Å². The molecule has 0 bridgehead atoms. The topological polar surface area (TPSA) is 70.6 Å². The first-order valence-electron chi connectivity index (χ1n) is 9.44. The summed E-state index contributed by atoms with van der Waals surface area (Å²) in [5.74, 6) is 1.59. The predicted molar refractivity (Wildman–Crippen MR) is 108 cm³/mol. The molecule has 0 radical (unpaired) electrons. The number of anilines is 2. The molecule has 1 aromatic heterocycles. The van der Waals surface area contributed by atoms with Crippen molar-refractivity contribution in [3.8, 4) is 0 Å². The zero-order chi connectivity index (χ0) is 19.6. The molecule has 0 aliphatic carbocycles. The van der Waals surface area contributed by atoms with Gasteiger partial charge in [0.2, 0.25) is 0 Å². The van der Waals surface area contributed by atoms with E-state index in [1.807, 2.05) is 59.1 Å². The highest BCUT2D eigenvalue weighted by Crippen LogP contribution is 2.28. The SMILES string of the molecule is CNc1nc2ccccc2nc1N1CCCC(N(C)C(=O)OC(C)(C)C)C1. The van der Waals surface area contributed by atoms with Crippen molar-refractivity contribution in [2.45, 2.75) is 45.3 Å². The summed E-state index contributed by atoms with van der Waals surface area (Å²) >= 11 is 0. The van der Waals surface area contributed by atoms with Crippen LogP contribution in [0.25, 0.3) is 11.0 Å². The number of piperidine rings is 1. The number of hydrogen-bond donors (Lipinski definition) is 1. The summed E-state index contributed by atoms with van der Waals surface area (Å²) in [5.41, 5.74) is 1.24. The number of likely N-dealkylation sites (N-methyl/N-ethyl adjacent to an activating group) is 1. The summed E-state index contributed by atoms with van der Waals surface area (Å²) in [5, 5.41) is 3.16. The van der Waals surface area contributed by atoms with Gasteiger partial charge >= 0.3 is 6.09 Å². The number of para-hydroxylation sites is 2. The van der Waals surface area contributed by atoms with Crippen molar-refractivity contribution in [2.24, 2.45) is 0 Å². The number of aromatic nitrogens is 2. The zero-order valence-corrected chi connectivity index (χ0v) is 16.8. The van der Waals surface area contributed by atoms with E-state index >= 15 is 0 Å². The van der Waals surface area contributed by atoms with E-state index in [-0.39, 0.29) is 12.1 Å². The van der Waals surface area contributed by atoms with Crippen LogP contribution in [0.15, 0.2) is 24.3 Å². The fourth-order valence-electron chi connectivity index (χ4n) is 3.33. The van der Waals surface area contributed by atoms with Crippen molar-refractivity contribution >= 4 is 28.8 Å². The minimum absolute atomic E-state index is 0.0755. The molecule has 1 aromatic carbocycles. The molecule has 1 fully saturated rings. The van der Waals surface area contributed by atoms with Crippen molar-refractivity contribution in [1.29, 1.82) is 0 Å². The summed E-state index contributed by atoms with van der Waals surface area (Å²) in [6, 6.07) is 7.94. The number of amides is 1. The molecule has 2 aromatic rings. The number of rotatable bonds is 3. The van der Waals surface area contributed by atoms with Crippen LogP contribution in [0, 0.1) is 0 Å². The fourth-order valence-corrected chi connectivity index (χ4v) is 3.33. The van der Waals surface area contributed by atoms with E-state index in [1.165, 1.54) is 0 Å². The monoisotopic (exact) mass is 371 g/mol. The molecule has 7 nitrogen and oxygen atoms in total. The van der Waals surface area contributed by atoms with E-state index < -0.39 is 5.60 Å². The van der Waals surface area contributed by atoms with Crippen LogP contribution in [-0.2, 0) is 4.74 Å². The largest absolute Gasteiger partial charge is 0.444 e. The van der Waals surface area contributed by atoms with Gasteiger partial charge < -0.3 is 19.9 Å². The molecule has 0 saturated carbocycles. The summed E-state index contributed by atoms with van der Waals surface area (Å²) in [6.45, 7) is 7.25. The van der Waals surface area contributed by atoms with Crippen LogP contribution in [0.4, 0.5) is 16.4 Å². The lowest BCUT2D eigenvalue weighted by atomic mass is 10.0. The van der Waals surface area contributed by atoms with E-state index in [4.69, 9.17) is 14.7 Å². The average molecular weight is 371 g/mol. The third-order valence-electron chi connectivity index (χ3n) is 4.71. The Bertz CT molecular complexity index is 818. The van der Waals surface area contributed by atoms with Gasteiger partial charge in [-0.2, -0.15) is 0 Å². The smallest absolute Gasteiger partial charge is 0.410 e. The van der Waals surface area contributed by atoms with E-state index in [0.717, 1.165) is 42.1 Å². The zero-order valence-electron chi connectivity index (χ0n) is 16.8. The van der Waals surface area contributed by atoms with E-state index in [2.05, 4.69) is 10.2 Å². The lowest BCUT2D eigenvalue weighted by Gasteiger charge is -2.38. The maximum atomic E-state index is 12.4. The molecule has 1 aliphatic heterocycles. The van der Waals surface area contributed by atoms with E-state index in [1.54, 1.807) is 4.90 Å². The van der Waals surface area contributed by atoms with Gasteiger partial charge in [0.25, 0.3) is 0 Å². The molecular weight excluding hydrogens is 342 g/mol. The Hall–Kier alpha value is -2.57. The van der Waals surface area contributed by atoms with Gasteiger partial charge in [0.05, 0.1) is 17.1 Å². The Labute approximate surface area is 160 Å². The van der Waals surface area contributed by atoms with Crippen LogP contribution < -0.4 is 10.2 Å². The quantitative estimate of drug-likeness (QED) is 0.890. The molecule has 1 aliphatic rings. The number of hydrogen-bond acceptors (Lipinski definition) is 6. The normalized spacial score (nSPS) is 17.7. The van der Waals surface area contributed by atoms with Crippen LogP contribution in [0.5, 0.6) is 0 Å². The Kier molecular flexibility index (Phi) is 5.39. The molecule has 0 spiro atoms. The van der Waals surface area contributed by atoms with E-state index in [9.17, 15) is 4.79 Å². The van der Waals surface area contributed by atoms with Crippen molar-refractivity contribution in [3.63, 3.8) is 0 Å². The Morgan fingerprint density at radius 2 is 1.93 bits per heavy atom. The van der Waals surface area contributed by atoms with Crippen molar-refractivity contribution in [1.82, 2.24) is 14.9 Å². The highest BCUT2D eigenvalue weighted by atomic mass is 16.6. The van der Waals surface area contributed by atoms with Crippen LogP contribution in [0.2, 0.25) is 0 Å². The maximum Gasteiger partial charge on any atom is 0.410 e. The molecule has 7 heteroatoms.